The number of carbonyl (C=O) groups is 3. The number of aliphatic carboxylic acids is 1. The molecule has 2 amide bonds. The van der Waals surface area contributed by atoms with Gasteiger partial charge in [0.15, 0.2) is 0 Å². The fraction of sp³-hybridized carbons (Fsp3) is 0.267. The first-order valence-corrected chi connectivity index (χ1v) is 6.45. The fourth-order valence-corrected chi connectivity index (χ4v) is 1.72. The predicted molar refractivity (Wildman–Crippen MR) is 76.1 cm³/mol. The number of hydrogen-bond acceptors (Lipinski definition) is 4. The van der Waals surface area contributed by atoms with Gasteiger partial charge in [0, 0.05) is 12.8 Å². The average molecular weight is 291 g/mol. The van der Waals surface area contributed by atoms with Gasteiger partial charge in [0.2, 0.25) is 0 Å². The molecule has 0 saturated carbocycles. The Morgan fingerprint density at radius 2 is 1.48 bits per heavy atom. The Morgan fingerprint density at radius 3 is 1.90 bits per heavy atom. The molecule has 0 radical (unpaired) electrons. The van der Waals surface area contributed by atoms with Gasteiger partial charge in [0.05, 0.1) is 16.9 Å². The van der Waals surface area contributed by atoms with E-state index in [-0.39, 0.29) is 24.0 Å². The summed E-state index contributed by atoms with van der Waals surface area (Å²) in [6.07, 6.45) is 1.98. The number of nitrogens with one attached hydrogen (secondary N) is 1. The van der Waals surface area contributed by atoms with Crippen LogP contribution in [0.2, 0.25) is 0 Å². The molecule has 0 unspecified atom stereocenters. The quantitative estimate of drug-likeness (QED) is 0.438. The third kappa shape index (κ3) is 5.48. The number of amides is 2. The summed E-state index contributed by atoms with van der Waals surface area (Å²) in [5, 5.41) is 19.0. The number of fused-ring (bicyclic) bond motifs is 1. The van der Waals surface area contributed by atoms with Crippen LogP contribution in [0.1, 0.15) is 46.4 Å². The maximum atomic E-state index is 10.9. The fourth-order valence-electron chi connectivity index (χ4n) is 1.72. The van der Waals surface area contributed by atoms with Gasteiger partial charge in [-0.2, -0.15) is 0 Å². The first-order chi connectivity index (χ1) is 9.91. The lowest BCUT2D eigenvalue weighted by atomic mass is 10.1. The minimum Gasteiger partial charge on any atom is -0.513 e. The molecule has 0 bridgehead atoms. The molecule has 1 aromatic rings. The second-order valence-corrected chi connectivity index (χ2v) is 4.50. The highest BCUT2D eigenvalue weighted by Gasteiger charge is 2.25. The average Bonchev–Trinajstić information content (AvgIpc) is 2.71. The van der Waals surface area contributed by atoms with E-state index >= 15 is 0 Å². The van der Waals surface area contributed by atoms with Gasteiger partial charge in [-0.05, 0) is 25.0 Å². The second-order valence-electron chi connectivity index (χ2n) is 4.50. The SMILES string of the molecule is C=C(O)CCCCC(=O)O.O=C1NC(=O)c2ccccc21. The number of hydrogen-bond donors (Lipinski definition) is 3. The summed E-state index contributed by atoms with van der Waals surface area (Å²) in [6, 6.07) is 6.74. The minimum atomic E-state index is -0.788. The van der Waals surface area contributed by atoms with E-state index in [1.165, 1.54) is 0 Å². The lowest BCUT2D eigenvalue weighted by Gasteiger charge is -1.95. The molecule has 0 saturated heterocycles. The number of allylic oxidation sites excluding steroid dienone is 1. The molecule has 3 N–H and O–H groups in total. The lowest BCUT2D eigenvalue weighted by Crippen LogP contribution is -2.19. The number of aliphatic hydroxyl groups excluding tert-OH is 1. The first-order valence-electron chi connectivity index (χ1n) is 6.45. The molecule has 6 nitrogen and oxygen atoms in total. The molecular formula is C15H17NO5. The number of aliphatic hydroxyl groups is 1. The van der Waals surface area contributed by atoms with Gasteiger partial charge < -0.3 is 10.2 Å². The van der Waals surface area contributed by atoms with E-state index in [9.17, 15) is 14.4 Å². The van der Waals surface area contributed by atoms with Gasteiger partial charge in [-0.25, -0.2) is 0 Å². The van der Waals surface area contributed by atoms with Crippen LogP contribution in [0.3, 0.4) is 0 Å². The standard InChI is InChI=1S/C8H5NO2.C7H12O3/c10-7-5-3-1-2-4-6(5)8(11)9-7;1-6(8)4-2-3-5-7(9)10/h1-4H,(H,9,10,11);8H,1-5H2,(H,9,10). The Bertz CT molecular complexity index is 516. The van der Waals surface area contributed by atoms with E-state index in [0.29, 0.717) is 30.4 Å². The zero-order valence-electron chi connectivity index (χ0n) is 11.5. The minimum absolute atomic E-state index is 0.130. The summed E-state index contributed by atoms with van der Waals surface area (Å²) in [4.78, 5) is 31.8. The molecule has 2 rings (SSSR count). The van der Waals surface area contributed by atoms with Crippen LogP contribution >= 0.6 is 0 Å². The van der Waals surface area contributed by atoms with Crippen molar-refractivity contribution in [3.8, 4) is 0 Å². The van der Waals surface area contributed by atoms with E-state index in [0.717, 1.165) is 0 Å². The van der Waals surface area contributed by atoms with E-state index in [1.54, 1.807) is 24.3 Å². The van der Waals surface area contributed by atoms with Gasteiger partial charge in [-0.15, -0.1) is 0 Å². The lowest BCUT2D eigenvalue weighted by molar-refractivity contribution is -0.137. The van der Waals surface area contributed by atoms with E-state index in [1.807, 2.05) is 0 Å². The van der Waals surface area contributed by atoms with Crippen molar-refractivity contribution >= 4 is 17.8 Å². The summed E-state index contributed by atoms with van der Waals surface area (Å²) >= 11 is 0. The van der Waals surface area contributed by atoms with Crippen molar-refractivity contribution in [1.29, 1.82) is 0 Å². The zero-order valence-corrected chi connectivity index (χ0v) is 11.5. The van der Waals surface area contributed by atoms with Crippen LogP contribution in [0.5, 0.6) is 0 Å². The number of carboxylic acid groups (broad SMARTS) is 1. The maximum Gasteiger partial charge on any atom is 0.303 e. The summed E-state index contributed by atoms with van der Waals surface area (Å²) < 4.78 is 0. The van der Waals surface area contributed by atoms with Gasteiger partial charge in [-0.1, -0.05) is 18.7 Å². The van der Waals surface area contributed by atoms with Gasteiger partial charge in [-0.3, -0.25) is 19.7 Å². The molecule has 0 spiro atoms. The molecule has 1 aliphatic rings. The number of carboxylic acids is 1. The number of imide groups is 1. The Kier molecular flexibility index (Phi) is 6.13. The van der Waals surface area contributed by atoms with E-state index in [4.69, 9.17) is 10.2 Å². The van der Waals surface area contributed by atoms with Crippen LogP contribution in [-0.4, -0.2) is 28.0 Å². The molecule has 1 aromatic carbocycles. The summed E-state index contributed by atoms with van der Waals surface area (Å²) in [5.74, 6) is -1.26. The van der Waals surface area contributed by atoms with Crippen molar-refractivity contribution in [3.05, 3.63) is 47.7 Å². The second kappa shape index (κ2) is 7.84. The number of rotatable bonds is 5. The topological polar surface area (TPSA) is 104 Å². The van der Waals surface area contributed by atoms with Crippen LogP contribution in [0.25, 0.3) is 0 Å². The van der Waals surface area contributed by atoms with E-state index in [2.05, 4.69) is 11.9 Å². The summed E-state index contributed by atoms with van der Waals surface area (Å²) in [5.41, 5.74) is 0.940. The normalized spacial score (nSPS) is 12.0. The van der Waals surface area contributed by atoms with Gasteiger partial charge >= 0.3 is 5.97 Å². The smallest absolute Gasteiger partial charge is 0.303 e. The molecule has 0 fully saturated rings. The number of benzene rings is 1. The van der Waals surface area contributed by atoms with Crippen molar-refractivity contribution in [3.63, 3.8) is 0 Å². The molecule has 1 heterocycles. The molecule has 0 aromatic heterocycles. The molecule has 112 valence electrons. The van der Waals surface area contributed by atoms with Crippen molar-refractivity contribution in [2.24, 2.45) is 0 Å². The Morgan fingerprint density at radius 1 is 1.00 bits per heavy atom. The Labute approximate surface area is 122 Å². The van der Waals surface area contributed by atoms with Crippen LogP contribution in [0, 0.1) is 0 Å². The monoisotopic (exact) mass is 291 g/mol. The molecule has 6 heteroatoms. The van der Waals surface area contributed by atoms with Crippen molar-refractivity contribution in [2.45, 2.75) is 25.7 Å². The predicted octanol–water partition coefficient (Wildman–Crippen LogP) is 2.27. The first kappa shape index (κ1) is 16.4. The summed E-state index contributed by atoms with van der Waals surface area (Å²) in [7, 11) is 0. The molecule has 0 atom stereocenters. The van der Waals surface area contributed by atoms with Crippen LogP contribution < -0.4 is 5.32 Å². The van der Waals surface area contributed by atoms with Crippen LogP contribution in [0.15, 0.2) is 36.6 Å². The Hall–Kier alpha value is -2.63. The molecule has 0 aliphatic carbocycles. The number of unbranched alkanes of at least 4 members (excludes halogenated alkanes) is 1. The summed E-state index contributed by atoms with van der Waals surface area (Å²) in [6.45, 7) is 3.28. The van der Waals surface area contributed by atoms with Crippen molar-refractivity contribution in [1.82, 2.24) is 5.32 Å². The molecular weight excluding hydrogens is 274 g/mol. The van der Waals surface area contributed by atoms with Crippen molar-refractivity contribution in [2.75, 3.05) is 0 Å². The van der Waals surface area contributed by atoms with Gasteiger partial charge in [0.1, 0.15) is 0 Å². The third-order valence-corrected chi connectivity index (χ3v) is 2.75. The zero-order chi connectivity index (χ0) is 15.8. The highest BCUT2D eigenvalue weighted by molar-refractivity contribution is 6.21. The number of carbonyl (C=O) groups excluding carboxylic acids is 2. The highest BCUT2D eigenvalue weighted by atomic mass is 16.4. The Balaban J connectivity index is 0.000000212. The third-order valence-electron chi connectivity index (χ3n) is 2.75. The van der Waals surface area contributed by atoms with Crippen LogP contribution in [0.4, 0.5) is 0 Å². The van der Waals surface area contributed by atoms with Gasteiger partial charge in [0.25, 0.3) is 11.8 Å². The van der Waals surface area contributed by atoms with Crippen molar-refractivity contribution < 1.29 is 24.6 Å². The largest absolute Gasteiger partial charge is 0.513 e. The maximum absolute atomic E-state index is 10.9. The highest BCUT2D eigenvalue weighted by Crippen LogP contribution is 2.13. The van der Waals surface area contributed by atoms with Crippen LogP contribution in [-0.2, 0) is 4.79 Å². The molecule has 21 heavy (non-hydrogen) atoms. The van der Waals surface area contributed by atoms with E-state index < -0.39 is 5.97 Å². The molecule has 1 aliphatic heterocycles.